The molecule has 0 bridgehead atoms. The van der Waals surface area contributed by atoms with Crippen LogP contribution in [0.3, 0.4) is 0 Å². The molecule has 0 amide bonds. The van der Waals surface area contributed by atoms with Crippen molar-refractivity contribution in [1.82, 2.24) is 18.9 Å². The van der Waals surface area contributed by atoms with Crippen LogP contribution in [0.25, 0.3) is 58.6 Å². The summed E-state index contributed by atoms with van der Waals surface area (Å²) in [6, 6.07) is 70.2. The molecule has 0 aliphatic heterocycles. The number of nitrogens with zero attached hydrogens (tertiary/aromatic N) is 6. The van der Waals surface area contributed by atoms with Crippen LogP contribution in [0.15, 0.2) is 194 Å². The van der Waals surface area contributed by atoms with Crippen LogP contribution in [-0.4, -0.2) is 32.6 Å². The molecule has 0 atom stereocenters. The van der Waals surface area contributed by atoms with Gasteiger partial charge in [-0.05, 0) is 42.2 Å². The number of benzene rings is 7. The molecular weight excluding hydrogens is 878 g/mol. The molecule has 4 aromatic heterocycles. The van der Waals surface area contributed by atoms with E-state index in [1.165, 1.54) is 0 Å². The van der Waals surface area contributed by atoms with Gasteiger partial charge < -0.3 is 8.96 Å². The van der Waals surface area contributed by atoms with E-state index >= 15 is 0 Å². The molecule has 0 N–H and O–H groups in total. The fraction of sp³-hybridized carbons (Fsp3) is 0.0847. The number of hydrogen-bond donors (Lipinski definition) is 0. The van der Waals surface area contributed by atoms with Crippen molar-refractivity contribution in [3.05, 3.63) is 238 Å². The monoisotopic (exact) mass is 922 g/mol. The van der Waals surface area contributed by atoms with Gasteiger partial charge in [-0.1, -0.05) is 212 Å². The Hall–Kier alpha value is -8.01. The molecule has 0 spiro atoms. The second-order valence-electron chi connectivity index (χ2n) is 17.5. The van der Waals surface area contributed by atoms with Crippen molar-refractivity contribution >= 4 is 101 Å². The molecule has 11 rings (SSSR count). The lowest BCUT2D eigenvalue weighted by molar-refractivity contribution is 0.810. The zero-order valence-corrected chi connectivity index (χ0v) is 40.0. The number of aryl methyl sites for hydroxylation is 1. The Labute approximate surface area is 410 Å². The highest BCUT2D eigenvalue weighted by atomic mass is 32.1. The summed E-state index contributed by atoms with van der Waals surface area (Å²) in [5, 5.41) is 16.7. The van der Waals surface area contributed by atoms with Gasteiger partial charge in [0.15, 0.2) is 0 Å². The van der Waals surface area contributed by atoms with E-state index in [0.717, 1.165) is 92.7 Å². The maximum Gasteiger partial charge on any atom is 0.327 e. The van der Waals surface area contributed by atoms with Gasteiger partial charge in [-0.3, -0.25) is 0 Å². The highest BCUT2D eigenvalue weighted by molar-refractivity contribution is 7.20. The quantitative estimate of drug-likeness (QED) is 0.0959. The molecule has 0 saturated heterocycles. The molecule has 6 nitrogen and oxygen atoms in total. The van der Waals surface area contributed by atoms with Gasteiger partial charge in [0.1, 0.15) is 21.7 Å². The first-order valence-corrected chi connectivity index (χ1v) is 25.0. The van der Waals surface area contributed by atoms with E-state index < -0.39 is 6.85 Å². The van der Waals surface area contributed by atoms with Crippen LogP contribution in [0.4, 0.5) is 0 Å². The van der Waals surface area contributed by atoms with Gasteiger partial charge in [0.25, 0.3) is 0 Å². The highest BCUT2D eigenvalue weighted by Crippen LogP contribution is 2.38. The topological polar surface area (TPSA) is 63.8 Å². The maximum atomic E-state index is 12.0. The number of rotatable bonds is 11. The van der Waals surface area contributed by atoms with Crippen molar-refractivity contribution in [2.45, 2.75) is 33.1 Å². The summed E-state index contributed by atoms with van der Waals surface area (Å²) >= 11 is 3.09. The normalized spacial score (nSPS) is 12.3. The zero-order chi connectivity index (χ0) is 47.0. The van der Waals surface area contributed by atoms with E-state index in [1.807, 2.05) is 36.4 Å². The van der Waals surface area contributed by atoms with Gasteiger partial charge in [0.2, 0.25) is 5.70 Å². The van der Waals surface area contributed by atoms with Crippen LogP contribution in [0.1, 0.15) is 48.0 Å². The molecule has 7 aromatic carbocycles. The SMILES string of the molecule is [C-]#[N+]/C(c1nc2ccccc2s1)=c1\c2c(C(C)C)n(B(c3ccccc3)c3ccccc3)/c(=C(/C#N)c3nc4ccccc4s3)c2c(-c2ccccc2CC)n1B(c1ccccc1)c1ccccc1. The number of nitriles is 1. The standard InChI is InChI=1S/C59H44B2N6S2/c1-5-40-24-18-19-33-45(40)55-52-51(57(53(63-4)59-65-48-35-21-23-37-50(48)69-59)67(55)61(43-29-14-8-15-30-43)44-31-16-9-17-32-44)54(39(2)3)66(60(41-25-10-6-11-26-41)42-27-12-7-13-28-42)56(52)46(38-62)58-64-47-34-20-22-36-49(47)68-58/h6-37,39H,5H2,1-3H3/b56-46-,57-53+. The minimum absolute atomic E-state index is 0.107. The summed E-state index contributed by atoms with van der Waals surface area (Å²) in [5.74, 6) is -0.107. The lowest BCUT2D eigenvalue weighted by Crippen LogP contribution is -2.54. The Kier molecular flexibility index (Phi) is 11.7. The first-order valence-electron chi connectivity index (χ1n) is 23.3. The van der Waals surface area contributed by atoms with E-state index in [2.05, 4.69) is 198 Å². The number of thiazole rings is 2. The molecule has 0 aliphatic carbocycles. The van der Waals surface area contributed by atoms with E-state index in [1.54, 1.807) is 22.7 Å². The van der Waals surface area contributed by atoms with Crippen LogP contribution in [-0.2, 0) is 6.42 Å². The molecule has 0 unspecified atom stereocenters. The predicted molar refractivity (Wildman–Crippen MR) is 291 cm³/mol. The van der Waals surface area contributed by atoms with Gasteiger partial charge in [-0.2, -0.15) is 5.26 Å². The fourth-order valence-corrected chi connectivity index (χ4v) is 12.1. The summed E-state index contributed by atoms with van der Waals surface area (Å²) in [4.78, 5) is 15.1. The fourth-order valence-electron chi connectivity index (χ4n) is 10.2. The minimum Gasteiger partial charge on any atom is -0.384 e. The van der Waals surface area contributed by atoms with Crippen molar-refractivity contribution in [3.8, 4) is 17.3 Å². The maximum absolute atomic E-state index is 12.0. The van der Waals surface area contributed by atoms with E-state index in [0.29, 0.717) is 21.3 Å². The second kappa shape index (κ2) is 18.6. The largest absolute Gasteiger partial charge is 0.384 e. The summed E-state index contributed by atoms with van der Waals surface area (Å²) in [6.07, 6.45) is 0.757. The number of aromatic nitrogens is 4. The zero-order valence-electron chi connectivity index (χ0n) is 38.4. The molecule has 11 aromatic rings. The third-order valence-electron chi connectivity index (χ3n) is 13.1. The molecule has 328 valence electrons. The van der Waals surface area contributed by atoms with Gasteiger partial charge >= 0.3 is 13.7 Å². The van der Waals surface area contributed by atoms with Crippen molar-refractivity contribution in [3.63, 3.8) is 0 Å². The summed E-state index contributed by atoms with van der Waals surface area (Å²) in [5.41, 5.74) is 11.0. The van der Waals surface area contributed by atoms with Crippen molar-refractivity contribution in [1.29, 1.82) is 5.26 Å². The summed E-state index contributed by atoms with van der Waals surface area (Å²) in [6.45, 7) is 15.3. The summed E-state index contributed by atoms with van der Waals surface area (Å²) in [7, 11) is 0. The number of para-hydroxylation sites is 2. The molecule has 0 fully saturated rings. The molecule has 0 saturated carbocycles. The number of hydrogen-bond acceptors (Lipinski definition) is 5. The van der Waals surface area contributed by atoms with E-state index in [-0.39, 0.29) is 12.8 Å². The van der Waals surface area contributed by atoms with Gasteiger partial charge in [0, 0.05) is 33.1 Å². The molecule has 69 heavy (non-hydrogen) atoms. The van der Waals surface area contributed by atoms with Crippen LogP contribution >= 0.6 is 22.7 Å². The van der Waals surface area contributed by atoms with Gasteiger partial charge in [-0.15, -0.1) is 22.7 Å². The number of fused-ring (bicyclic) bond motifs is 3. The Bertz CT molecular complexity index is 3660. The Morgan fingerprint density at radius 3 is 1.51 bits per heavy atom. The average molecular weight is 923 g/mol. The first kappa shape index (κ1) is 43.6. The van der Waals surface area contributed by atoms with Crippen molar-refractivity contribution in [2.24, 2.45) is 0 Å². The smallest absolute Gasteiger partial charge is 0.327 e. The third kappa shape index (κ3) is 7.59. The molecule has 10 heteroatoms. The van der Waals surface area contributed by atoms with Crippen LogP contribution < -0.4 is 32.5 Å². The van der Waals surface area contributed by atoms with E-state index in [9.17, 15) is 11.8 Å². The Morgan fingerprint density at radius 2 is 1.03 bits per heavy atom. The van der Waals surface area contributed by atoms with Crippen LogP contribution in [0, 0.1) is 17.9 Å². The second-order valence-corrected chi connectivity index (χ2v) is 19.5. The molecule has 4 heterocycles. The minimum atomic E-state index is -0.408. The molecular formula is C59H44B2N6S2. The van der Waals surface area contributed by atoms with Gasteiger partial charge in [0.05, 0.1) is 32.4 Å². The lowest BCUT2D eigenvalue weighted by atomic mass is 9.50. The van der Waals surface area contributed by atoms with Gasteiger partial charge in [-0.25, -0.2) is 14.8 Å². The first-order chi connectivity index (χ1) is 34.0. The van der Waals surface area contributed by atoms with Crippen molar-refractivity contribution < 1.29 is 0 Å². The average Bonchev–Trinajstić information content (AvgIpc) is 4.18. The summed E-state index contributed by atoms with van der Waals surface area (Å²) < 4.78 is 6.89. The predicted octanol–water partition coefficient (Wildman–Crippen LogP) is 10.1. The third-order valence-corrected chi connectivity index (χ3v) is 15.2. The lowest BCUT2D eigenvalue weighted by Gasteiger charge is -2.25. The van der Waals surface area contributed by atoms with Crippen LogP contribution in [0.5, 0.6) is 0 Å². The Morgan fingerprint density at radius 1 is 0.580 bits per heavy atom. The van der Waals surface area contributed by atoms with Crippen molar-refractivity contribution in [2.75, 3.05) is 0 Å². The Balaban J connectivity index is 1.51. The molecule has 0 aliphatic rings. The van der Waals surface area contributed by atoms with E-state index in [4.69, 9.17) is 9.97 Å². The van der Waals surface area contributed by atoms with Crippen LogP contribution in [0.2, 0.25) is 0 Å². The molecule has 0 radical (unpaired) electrons. The highest BCUT2D eigenvalue weighted by Gasteiger charge is 2.38.